The highest BCUT2D eigenvalue weighted by molar-refractivity contribution is 5.99. The Morgan fingerprint density at radius 1 is 1.53 bits per heavy atom. The fourth-order valence-corrected chi connectivity index (χ4v) is 1.21. The van der Waals surface area contributed by atoms with Crippen molar-refractivity contribution >= 4 is 11.6 Å². The van der Waals surface area contributed by atoms with Gasteiger partial charge in [0.15, 0.2) is 0 Å². The molecule has 5 heteroatoms. The summed E-state index contributed by atoms with van der Waals surface area (Å²) in [5, 5.41) is 11.7. The first-order valence-corrected chi connectivity index (χ1v) is 5.30. The summed E-state index contributed by atoms with van der Waals surface area (Å²) in [4.78, 5) is 11.7. The number of rotatable bonds is 4. The number of carbonyl (C=O) groups excluding carboxylic acids is 1. The molecule has 1 aromatic rings. The molecule has 4 N–H and O–H groups in total. The second-order valence-electron chi connectivity index (χ2n) is 4.71. The van der Waals surface area contributed by atoms with Crippen molar-refractivity contribution in [3.05, 3.63) is 29.6 Å². The Hall–Kier alpha value is -1.62. The average molecular weight is 240 g/mol. The Morgan fingerprint density at radius 3 is 2.76 bits per heavy atom. The summed E-state index contributed by atoms with van der Waals surface area (Å²) in [6.07, 6.45) is 0. The summed E-state index contributed by atoms with van der Waals surface area (Å²) < 4.78 is 13.1. The van der Waals surface area contributed by atoms with E-state index in [0.717, 1.165) is 0 Å². The third kappa shape index (κ3) is 3.42. The molecule has 0 aliphatic rings. The maximum absolute atomic E-state index is 13.1. The van der Waals surface area contributed by atoms with Gasteiger partial charge in [0.1, 0.15) is 5.82 Å². The summed E-state index contributed by atoms with van der Waals surface area (Å²) in [5.41, 5.74) is 5.00. The predicted molar refractivity (Wildman–Crippen MR) is 64.0 cm³/mol. The molecule has 94 valence electrons. The quantitative estimate of drug-likeness (QED) is 0.691. The van der Waals surface area contributed by atoms with Crippen LogP contribution in [0.2, 0.25) is 0 Å². The van der Waals surface area contributed by atoms with E-state index >= 15 is 0 Å². The highest BCUT2D eigenvalue weighted by atomic mass is 19.1. The van der Waals surface area contributed by atoms with Gasteiger partial charge in [0.25, 0.3) is 5.91 Å². The number of carbonyl (C=O) groups is 1. The molecule has 4 nitrogen and oxygen atoms in total. The molecule has 0 spiro atoms. The Balaban J connectivity index is 2.74. The third-order valence-electron chi connectivity index (χ3n) is 2.45. The monoisotopic (exact) mass is 240 g/mol. The summed E-state index contributed by atoms with van der Waals surface area (Å²) >= 11 is 0. The third-order valence-corrected chi connectivity index (χ3v) is 2.45. The lowest BCUT2D eigenvalue weighted by molar-refractivity contribution is 0.0911. The lowest BCUT2D eigenvalue weighted by atomic mass is 9.95. The highest BCUT2D eigenvalue weighted by Crippen LogP contribution is 2.16. The van der Waals surface area contributed by atoms with Crippen LogP contribution in [0.4, 0.5) is 10.1 Å². The lowest BCUT2D eigenvalue weighted by Crippen LogP contribution is -2.36. The number of benzene rings is 1. The first kappa shape index (κ1) is 13.4. The number of aliphatic hydroxyl groups excluding tert-OH is 1. The lowest BCUT2D eigenvalue weighted by Gasteiger charge is -2.22. The van der Waals surface area contributed by atoms with Gasteiger partial charge in [0.2, 0.25) is 0 Å². The van der Waals surface area contributed by atoms with Crippen molar-refractivity contribution in [2.75, 3.05) is 18.9 Å². The van der Waals surface area contributed by atoms with Crippen molar-refractivity contribution in [1.29, 1.82) is 0 Å². The molecule has 0 aliphatic heterocycles. The van der Waals surface area contributed by atoms with E-state index in [-0.39, 0.29) is 24.4 Å². The first-order valence-electron chi connectivity index (χ1n) is 5.30. The van der Waals surface area contributed by atoms with Crippen molar-refractivity contribution in [3.8, 4) is 0 Å². The zero-order valence-electron chi connectivity index (χ0n) is 9.96. The smallest absolute Gasteiger partial charge is 0.253 e. The van der Waals surface area contributed by atoms with Gasteiger partial charge in [-0.25, -0.2) is 4.39 Å². The van der Waals surface area contributed by atoms with Crippen molar-refractivity contribution in [1.82, 2.24) is 5.32 Å². The molecule has 0 fully saturated rings. The van der Waals surface area contributed by atoms with Crippen LogP contribution >= 0.6 is 0 Å². The number of nitrogen functional groups attached to an aromatic ring is 1. The van der Waals surface area contributed by atoms with Crippen LogP contribution in [0.25, 0.3) is 0 Å². The number of anilines is 1. The molecule has 0 atom stereocenters. The molecule has 0 saturated heterocycles. The van der Waals surface area contributed by atoms with Crippen molar-refractivity contribution in [2.45, 2.75) is 13.8 Å². The summed E-state index contributed by atoms with van der Waals surface area (Å²) in [6, 6.07) is 4.08. The van der Waals surface area contributed by atoms with E-state index in [2.05, 4.69) is 5.32 Å². The van der Waals surface area contributed by atoms with Gasteiger partial charge in [-0.3, -0.25) is 4.79 Å². The Morgan fingerprint density at radius 2 is 2.18 bits per heavy atom. The molecule has 1 rings (SSSR count). The zero-order valence-corrected chi connectivity index (χ0v) is 9.96. The van der Waals surface area contributed by atoms with E-state index in [0.29, 0.717) is 0 Å². The number of aliphatic hydroxyl groups is 1. The number of hydrogen-bond acceptors (Lipinski definition) is 3. The molecule has 0 bridgehead atoms. The van der Waals surface area contributed by atoms with Crippen molar-refractivity contribution < 1.29 is 14.3 Å². The fourth-order valence-electron chi connectivity index (χ4n) is 1.21. The molecule has 0 unspecified atom stereocenters. The minimum Gasteiger partial charge on any atom is -0.396 e. The molecular weight excluding hydrogens is 223 g/mol. The Kier molecular flexibility index (Phi) is 4.07. The Bertz CT molecular complexity index is 419. The predicted octanol–water partition coefficient (Wildman–Crippen LogP) is 1.16. The minimum atomic E-state index is -0.612. The van der Waals surface area contributed by atoms with E-state index < -0.39 is 17.1 Å². The summed E-state index contributed by atoms with van der Waals surface area (Å²) in [5.74, 6) is -1.05. The van der Waals surface area contributed by atoms with Crippen LogP contribution in [0, 0.1) is 11.2 Å². The van der Waals surface area contributed by atoms with Gasteiger partial charge in [-0.2, -0.15) is 0 Å². The van der Waals surface area contributed by atoms with Gasteiger partial charge in [-0.15, -0.1) is 0 Å². The largest absolute Gasteiger partial charge is 0.396 e. The molecule has 1 aromatic carbocycles. The minimum absolute atomic E-state index is 0.0497. The van der Waals surface area contributed by atoms with E-state index in [1.807, 2.05) is 13.8 Å². The van der Waals surface area contributed by atoms with Gasteiger partial charge in [-0.1, -0.05) is 19.9 Å². The summed E-state index contributed by atoms with van der Waals surface area (Å²) in [6.45, 7) is 3.86. The second-order valence-corrected chi connectivity index (χ2v) is 4.71. The van der Waals surface area contributed by atoms with Crippen LogP contribution in [0.5, 0.6) is 0 Å². The van der Waals surface area contributed by atoms with Crippen LogP contribution < -0.4 is 11.1 Å². The van der Waals surface area contributed by atoms with Crippen molar-refractivity contribution in [2.24, 2.45) is 5.41 Å². The topological polar surface area (TPSA) is 75.3 Å². The molecule has 0 aliphatic carbocycles. The maximum Gasteiger partial charge on any atom is 0.253 e. The molecule has 0 heterocycles. The fraction of sp³-hybridized carbons (Fsp3) is 0.417. The normalized spacial score (nSPS) is 11.3. The van der Waals surface area contributed by atoms with Crippen LogP contribution in [0.3, 0.4) is 0 Å². The molecule has 0 saturated carbocycles. The van der Waals surface area contributed by atoms with Crippen LogP contribution in [-0.4, -0.2) is 24.2 Å². The number of amides is 1. The zero-order chi connectivity index (χ0) is 13.1. The van der Waals surface area contributed by atoms with E-state index in [4.69, 9.17) is 10.8 Å². The SMILES string of the molecule is CC(C)(CO)CNC(=O)c1cccc(F)c1N. The standard InChI is InChI=1S/C12H17FN2O2/c1-12(2,7-16)6-15-11(17)8-4-3-5-9(13)10(8)14/h3-5,16H,6-7,14H2,1-2H3,(H,15,17). The molecule has 1 amide bonds. The van der Waals surface area contributed by atoms with E-state index in [9.17, 15) is 9.18 Å². The number of nitrogens with two attached hydrogens (primary N) is 1. The van der Waals surface area contributed by atoms with Gasteiger partial charge >= 0.3 is 0 Å². The van der Waals surface area contributed by atoms with Gasteiger partial charge < -0.3 is 16.2 Å². The van der Waals surface area contributed by atoms with Crippen LogP contribution in [0.1, 0.15) is 24.2 Å². The molecule has 0 aromatic heterocycles. The molecule has 17 heavy (non-hydrogen) atoms. The molecular formula is C12H17FN2O2. The van der Waals surface area contributed by atoms with Gasteiger partial charge in [0.05, 0.1) is 11.3 Å². The average Bonchev–Trinajstić information content (AvgIpc) is 2.30. The molecule has 0 radical (unpaired) electrons. The maximum atomic E-state index is 13.1. The highest BCUT2D eigenvalue weighted by Gasteiger charge is 2.19. The number of hydrogen-bond donors (Lipinski definition) is 3. The summed E-state index contributed by atoms with van der Waals surface area (Å²) in [7, 11) is 0. The van der Waals surface area contributed by atoms with E-state index in [1.165, 1.54) is 18.2 Å². The number of halogens is 1. The second kappa shape index (κ2) is 5.14. The Labute approximate surface area is 99.6 Å². The van der Waals surface area contributed by atoms with Crippen molar-refractivity contribution in [3.63, 3.8) is 0 Å². The first-order chi connectivity index (χ1) is 7.87. The van der Waals surface area contributed by atoms with Gasteiger partial charge in [0, 0.05) is 18.6 Å². The van der Waals surface area contributed by atoms with E-state index in [1.54, 1.807) is 0 Å². The van der Waals surface area contributed by atoms with Gasteiger partial charge in [-0.05, 0) is 12.1 Å². The van der Waals surface area contributed by atoms with Crippen LogP contribution in [-0.2, 0) is 0 Å². The number of para-hydroxylation sites is 1. The number of nitrogens with one attached hydrogen (secondary N) is 1. The van der Waals surface area contributed by atoms with Crippen LogP contribution in [0.15, 0.2) is 18.2 Å².